The van der Waals surface area contributed by atoms with Gasteiger partial charge in [-0.15, -0.1) is 0 Å². The summed E-state index contributed by atoms with van der Waals surface area (Å²) < 4.78 is 5.27. The molecule has 0 radical (unpaired) electrons. The van der Waals surface area contributed by atoms with Gasteiger partial charge in [0.25, 0.3) is 0 Å². The molecule has 0 fully saturated rings. The van der Waals surface area contributed by atoms with Gasteiger partial charge in [-0.3, -0.25) is 0 Å². The van der Waals surface area contributed by atoms with Crippen molar-refractivity contribution in [2.24, 2.45) is 0 Å². The van der Waals surface area contributed by atoms with Gasteiger partial charge in [0.15, 0.2) is 0 Å². The first-order chi connectivity index (χ1) is 5.77. The molecule has 1 nitrogen and oxygen atoms in total. The van der Waals surface area contributed by atoms with Crippen LogP contribution in [-0.2, 0) is 0 Å². The lowest BCUT2D eigenvalue weighted by Gasteiger charge is -1.84. The van der Waals surface area contributed by atoms with Crippen molar-refractivity contribution in [3.05, 3.63) is 36.3 Å². The van der Waals surface area contributed by atoms with Gasteiger partial charge >= 0.3 is 0 Å². The molecule has 1 rings (SSSR count). The van der Waals surface area contributed by atoms with E-state index in [0.29, 0.717) is 0 Å². The summed E-state index contributed by atoms with van der Waals surface area (Å²) in [5.41, 5.74) is 1.01. The SMILES string of the molecule is C=Cc1cc(C)oc1C=C.CC. The molecule has 66 valence electrons. The quantitative estimate of drug-likeness (QED) is 0.646. The van der Waals surface area contributed by atoms with Gasteiger partial charge in [-0.25, -0.2) is 0 Å². The van der Waals surface area contributed by atoms with Gasteiger partial charge in [0.05, 0.1) is 0 Å². The molecule has 0 spiro atoms. The summed E-state index contributed by atoms with van der Waals surface area (Å²) in [7, 11) is 0. The average Bonchev–Trinajstić information content (AvgIpc) is 2.49. The van der Waals surface area contributed by atoms with E-state index in [-0.39, 0.29) is 0 Å². The molecular weight excluding hydrogens is 148 g/mol. The molecule has 1 heterocycles. The second-order valence-corrected chi connectivity index (χ2v) is 2.08. The highest BCUT2D eigenvalue weighted by Gasteiger charge is 1.99. The molecule has 0 aliphatic carbocycles. The van der Waals surface area contributed by atoms with E-state index < -0.39 is 0 Å². The number of hydrogen-bond donors (Lipinski definition) is 0. The maximum Gasteiger partial charge on any atom is 0.133 e. The third-order valence-electron chi connectivity index (χ3n) is 1.32. The molecule has 1 heteroatoms. The molecule has 0 unspecified atom stereocenters. The zero-order chi connectivity index (χ0) is 9.56. The van der Waals surface area contributed by atoms with Crippen molar-refractivity contribution in [1.82, 2.24) is 0 Å². The van der Waals surface area contributed by atoms with E-state index >= 15 is 0 Å². The summed E-state index contributed by atoms with van der Waals surface area (Å²) in [6.07, 6.45) is 3.44. The van der Waals surface area contributed by atoms with E-state index in [1.54, 1.807) is 12.2 Å². The van der Waals surface area contributed by atoms with Crippen molar-refractivity contribution in [3.8, 4) is 0 Å². The summed E-state index contributed by atoms with van der Waals surface area (Å²) >= 11 is 0. The highest BCUT2D eigenvalue weighted by molar-refractivity contribution is 5.59. The Bertz CT molecular complexity index is 230. The fraction of sp³-hybridized carbons (Fsp3) is 0.273. The van der Waals surface area contributed by atoms with Crippen LogP contribution in [-0.4, -0.2) is 0 Å². The van der Waals surface area contributed by atoms with E-state index in [2.05, 4.69) is 13.2 Å². The summed E-state index contributed by atoms with van der Waals surface area (Å²) in [6, 6.07) is 1.93. The van der Waals surface area contributed by atoms with Crippen molar-refractivity contribution >= 4 is 12.2 Å². The molecule has 0 saturated heterocycles. The molecule has 0 aliphatic rings. The van der Waals surface area contributed by atoms with Crippen LogP contribution < -0.4 is 0 Å². The highest BCUT2D eigenvalue weighted by Crippen LogP contribution is 2.16. The summed E-state index contributed by atoms with van der Waals surface area (Å²) in [4.78, 5) is 0. The number of aryl methyl sites for hydroxylation is 1. The lowest BCUT2D eigenvalue weighted by atomic mass is 10.2. The molecule has 0 bridgehead atoms. The average molecular weight is 164 g/mol. The van der Waals surface area contributed by atoms with Crippen molar-refractivity contribution in [3.63, 3.8) is 0 Å². The van der Waals surface area contributed by atoms with E-state index in [0.717, 1.165) is 17.1 Å². The molecule has 0 amide bonds. The van der Waals surface area contributed by atoms with E-state index in [9.17, 15) is 0 Å². The third kappa shape index (κ3) is 2.42. The van der Waals surface area contributed by atoms with E-state index in [4.69, 9.17) is 4.42 Å². The molecule has 12 heavy (non-hydrogen) atoms. The Morgan fingerprint density at radius 2 is 1.83 bits per heavy atom. The van der Waals surface area contributed by atoms with Gasteiger partial charge in [-0.1, -0.05) is 33.1 Å². The molecule has 0 atom stereocenters. The van der Waals surface area contributed by atoms with Gasteiger partial charge in [-0.2, -0.15) is 0 Å². The Balaban J connectivity index is 0.000000561. The van der Waals surface area contributed by atoms with Gasteiger partial charge in [0.1, 0.15) is 11.5 Å². The minimum absolute atomic E-state index is 0.799. The van der Waals surface area contributed by atoms with Crippen molar-refractivity contribution in [2.45, 2.75) is 20.8 Å². The Hall–Kier alpha value is -1.24. The van der Waals surface area contributed by atoms with Gasteiger partial charge in [0, 0.05) is 5.56 Å². The fourth-order valence-corrected chi connectivity index (χ4v) is 0.871. The van der Waals surface area contributed by atoms with Crippen molar-refractivity contribution in [2.75, 3.05) is 0 Å². The van der Waals surface area contributed by atoms with Crippen LogP contribution in [0.15, 0.2) is 23.6 Å². The van der Waals surface area contributed by atoms with Crippen LogP contribution >= 0.6 is 0 Å². The van der Waals surface area contributed by atoms with Crippen LogP contribution in [0.5, 0.6) is 0 Å². The highest BCUT2D eigenvalue weighted by atomic mass is 16.3. The largest absolute Gasteiger partial charge is 0.461 e. The fourth-order valence-electron chi connectivity index (χ4n) is 0.871. The molecule has 1 aromatic rings. The maximum atomic E-state index is 5.27. The van der Waals surface area contributed by atoms with Crippen molar-refractivity contribution in [1.29, 1.82) is 0 Å². The molecule has 1 aromatic heterocycles. The molecular formula is C11H16O. The summed E-state index contributed by atoms with van der Waals surface area (Å²) in [5, 5.41) is 0. The Labute approximate surface area is 74.4 Å². The van der Waals surface area contributed by atoms with Crippen LogP contribution in [0.4, 0.5) is 0 Å². The zero-order valence-corrected chi connectivity index (χ0v) is 8.05. The van der Waals surface area contributed by atoms with Crippen LogP contribution in [0, 0.1) is 6.92 Å². The first kappa shape index (κ1) is 10.8. The van der Waals surface area contributed by atoms with Crippen molar-refractivity contribution < 1.29 is 4.42 Å². The van der Waals surface area contributed by atoms with Gasteiger partial charge in [0.2, 0.25) is 0 Å². The predicted molar refractivity (Wildman–Crippen MR) is 55.0 cm³/mol. The number of furan rings is 1. The lowest BCUT2D eigenvalue weighted by Crippen LogP contribution is -1.66. The van der Waals surface area contributed by atoms with Crippen LogP contribution in [0.3, 0.4) is 0 Å². The second kappa shape index (κ2) is 5.42. The van der Waals surface area contributed by atoms with E-state index in [1.807, 2.05) is 26.8 Å². The molecule has 0 saturated carbocycles. The molecule has 0 aliphatic heterocycles. The van der Waals surface area contributed by atoms with E-state index in [1.165, 1.54) is 0 Å². The van der Waals surface area contributed by atoms with Crippen LogP contribution in [0.2, 0.25) is 0 Å². The second-order valence-electron chi connectivity index (χ2n) is 2.08. The first-order valence-corrected chi connectivity index (χ1v) is 4.13. The third-order valence-corrected chi connectivity index (χ3v) is 1.32. The monoisotopic (exact) mass is 164 g/mol. The maximum absolute atomic E-state index is 5.27. The van der Waals surface area contributed by atoms with Gasteiger partial charge < -0.3 is 4.42 Å². The molecule has 0 N–H and O–H groups in total. The Kier molecular flexibility index (Phi) is 4.86. The molecule has 0 aromatic carbocycles. The van der Waals surface area contributed by atoms with Gasteiger partial charge in [-0.05, 0) is 19.1 Å². The minimum atomic E-state index is 0.799. The minimum Gasteiger partial charge on any atom is -0.461 e. The zero-order valence-electron chi connectivity index (χ0n) is 8.05. The number of hydrogen-bond acceptors (Lipinski definition) is 1. The van der Waals surface area contributed by atoms with Crippen LogP contribution in [0.25, 0.3) is 12.2 Å². The summed E-state index contributed by atoms with van der Waals surface area (Å²) in [5.74, 6) is 1.69. The smallest absolute Gasteiger partial charge is 0.133 e. The summed E-state index contributed by atoms with van der Waals surface area (Å²) in [6.45, 7) is 13.2. The normalized spacial score (nSPS) is 8.25. The topological polar surface area (TPSA) is 13.1 Å². The lowest BCUT2D eigenvalue weighted by molar-refractivity contribution is 0.524. The first-order valence-electron chi connectivity index (χ1n) is 4.13. The predicted octanol–water partition coefficient (Wildman–Crippen LogP) is 3.90. The Morgan fingerprint density at radius 3 is 2.17 bits per heavy atom. The number of rotatable bonds is 2. The van der Waals surface area contributed by atoms with Crippen LogP contribution in [0.1, 0.15) is 30.9 Å². The Morgan fingerprint density at radius 1 is 1.25 bits per heavy atom. The standard InChI is InChI=1S/C9H10O.C2H6/c1-4-8-6-7(3)10-9(8)5-2;1-2/h4-6H,1-2H2,3H3;1-2H3.